The van der Waals surface area contributed by atoms with Gasteiger partial charge in [-0.3, -0.25) is 4.79 Å². The van der Waals surface area contributed by atoms with Crippen molar-refractivity contribution < 1.29 is 9.59 Å². The van der Waals surface area contributed by atoms with Crippen LogP contribution in [0.2, 0.25) is 0 Å². The Bertz CT molecular complexity index is 218. The van der Waals surface area contributed by atoms with Crippen LogP contribution in [0.5, 0.6) is 0 Å². The van der Waals surface area contributed by atoms with Crippen molar-refractivity contribution in [2.45, 2.75) is 32.2 Å². The van der Waals surface area contributed by atoms with Gasteiger partial charge in [-0.25, -0.2) is 4.79 Å². The van der Waals surface area contributed by atoms with E-state index >= 15 is 0 Å². The van der Waals surface area contributed by atoms with Crippen molar-refractivity contribution in [3.05, 3.63) is 0 Å². The summed E-state index contributed by atoms with van der Waals surface area (Å²) in [5.74, 6) is 0.0748. The van der Waals surface area contributed by atoms with Gasteiger partial charge in [-0.2, -0.15) is 0 Å². The van der Waals surface area contributed by atoms with E-state index in [-0.39, 0.29) is 18.0 Å². The Morgan fingerprint density at radius 1 is 1.57 bits per heavy atom. The molecule has 1 fully saturated rings. The lowest BCUT2D eigenvalue weighted by Gasteiger charge is -2.11. The number of nitrogens with one attached hydrogen (secondary N) is 3. The molecule has 14 heavy (non-hydrogen) atoms. The smallest absolute Gasteiger partial charge is 0.314 e. The second-order valence-corrected chi connectivity index (χ2v) is 3.44. The third-order valence-electron chi connectivity index (χ3n) is 2.13. The molecule has 3 amide bonds. The van der Waals surface area contributed by atoms with Crippen LogP contribution < -0.4 is 16.0 Å². The van der Waals surface area contributed by atoms with Crippen LogP contribution in [0.15, 0.2) is 0 Å². The Hall–Kier alpha value is -1.26. The Labute approximate surface area is 83.6 Å². The zero-order valence-corrected chi connectivity index (χ0v) is 8.43. The highest BCUT2D eigenvalue weighted by molar-refractivity contribution is 5.79. The zero-order chi connectivity index (χ0) is 10.4. The Kier molecular flexibility index (Phi) is 4.22. The molecule has 5 nitrogen and oxygen atoms in total. The van der Waals surface area contributed by atoms with Crippen molar-refractivity contribution in [2.75, 3.05) is 13.1 Å². The molecule has 0 radical (unpaired) electrons. The normalized spacial score (nSPS) is 20.4. The van der Waals surface area contributed by atoms with Crippen molar-refractivity contribution in [3.8, 4) is 0 Å². The maximum atomic E-state index is 11.1. The van der Waals surface area contributed by atoms with Crippen molar-refractivity contribution in [2.24, 2.45) is 0 Å². The highest BCUT2D eigenvalue weighted by atomic mass is 16.2. The highest BCUT2D eigenvalue weighted by Gasteiger charge is 2.20. The molecule has 1 saturated heterocycles. The lowest BCUT2D eigenvalue weighted by molar-refractivity contribution is -0.119. The van der Waals surface area contributed by atoms with Crippen LogP contribution in [0.1, 0.15) is 26.2 Å². The first kappa shape index (κ1) is 10.8. The molecule has 1 unspecified atom stereocenters. The summed E-state index contributed by atoms with van der Waals surface area (Å²) in [7, 11) is 0. The Balaban J connectivity index is 2.08. The zero-order valence-electron chi connectivity index (χ0n) is 8.43. The van der Waals surface area contributed by atoms with Crippen LogP contribution >= 0.6 is 0 Å². The van der Waals surface area contributed by atoms with Crippen molar-refractivity contribution >= 4 is 11.9 Å². The molecule has 0 aromatic heterocycles. The average Bonchev–Trinajstić information content (AvgIpc) is 2.58. The van der Waals surface area contributed by atoms with Crippen LogP contribution in [-0.2, 0) is 4.79 Å². The molecule has 0 bridgehead atoms. The number of hydrogen-bond donors (Lipinski definition) is 3. The van der Waals surface area contributed by atoms with E-state index in [1.54, 1.807) is 0 Å². The first-order valence-corrected chi connectivity index (χ1v) is 5.03. The van der Waals surface area contributed by atoms with Crippen LogP contribution in [0, 0.1) is 0 Å². The van der Waals surface area contributed by atoms with E-state index in [4.69, 9.17) is 0 Å². The van der Waals surface area contributed by atoms with Gasteiger partial charge in [-0.15, -0.1) is 0 Å². The van der Waals surface area contributed by atoms with Gasteiger partial charge in [0.25, 0.3) is 0 Å². The van der Waals surface area contributed by atoms with Gasteiger partial charge < -0.3 is 16.0 Å². The molecule has 1 heterocycles. The van der Waals surface area contributed by atoms with E-state index in [1.165, 1.54) is 0 Å². The molecule has 80 valence electrons. The maximum Gasteiger partial charge on any atom is 0.314 e. The first-order chi connectivity index (χ1) is 6.72. The molecule has 0 saturated carbocycles. The van der Waals surface area contributed by atoms with E-state index < -0.39 is 0 Å². The van der Waals surface area contributed by atoms with Crippen LogP contribution in [0.4, 0.5) is 4.79 Å². The summed E-state index contributed by atoms with van der Waals surface area (Å²) >= 11 is 0. The average molecular weight is 199 g/mol. The van der Waals surface area contributed by atoms with Gasteiger partial charge >= 0.3 is 6.03 Å². The second kappa shape index (κ2) is 5.47. The van der Waals surface area contributed by atoms with Crippen molar-refractivity contribution in [3.63, 3.8) is 0 Å². The Morgan fingerprint density at radius 2 is 2.36 bits per heavy atom. The SMILES string of the molecule is CCCNC(=O)NCC1CCC(=O)N1. The summed E-state index contributed by atoms with van der Waals surface area (Å²) in [4.78, 5) is 21.9. The summed E-state index contributed by atoms with van der Waals surface area (Å²) in [6.07, 6.45) is 2.31. The van der Waals surface area contributed by atoms with Gasteiger partial charge in [-0.1, -0.05) is 6.92 Å². The Morgan fingerprint density at radius 3 is 2.93 bits per heavy atom. The summed E-state index contributed by atoms with van der Waals surface area (Å²) in [6.45, 7) is 3.20. The first-order valence-electron chi connectivity index (χ1n) is 5.03. The minimum absolute atomic E-state index is 0.0748. The van der Waals surface area contributed by atoms with Crippen molar-refractivity contribution in [1.29, 1.82) is 0 Å². The monoisotopic (exact) mass is 199 g/mol. The third-order valence-corrected chi connectivity index (χ3v) is 2.13. The number of hydrogen-bond acceptors (Lipinski definition) is 2. The predicted molar refractivity (Wildman–Crippen MR) is 52.9 cm³/mol. The topological polar surface area (TPSA) is 70.2 Å². The van der Waals surface area contributed by atoms with Crippen LogP contribution in [0.25, 0.3) is 0 Å². The summed E-state index contributed by atoms with van der Waals surface area (Å²) in [5, 5.41) is 8.20. The van der Waals surface area contributed by atoms with E-state index in [0.29, 0.717) is 19.5 Å². The molecule has 1 aliphatic heterocycles. The predicted octanol–water partition coefficient (Wildman–Crippen LogP) is -0.0258. The molecule has 0 aromatic rings. The van der Waals surface area contributed by atoms with E-state index in [2.05, 4.69) is 16.0 Å². The minimum Gasteiger partial charge on any atom is -0.352 e. The molecular formula is C9H17N3O2. The third kappa shape index (κ3) is 3.64. The van der Waals surface area contributed by atoms with Gasteiger partial charge in [0.05, 0.1) is 0 Å². The molecule has 3 N–H and O–H groups in total. The molecule has 1 rings (SSSR count). The highest BCUT2D eigenvalue weighted by Crippen LogP contribution is 2.04. The minimum atomic E-state index is -0.159. The van der Waals surface area contributed by atoms with E-state index in [0.717, 1.165) is 12.8 Å². The largest absolute Gasteiger partial charge is 0.352 e. The number of carbonyl (C=O) groups excluding carboxylic acids is 2. The van der Waals surface area contributed by atoms with E-state index in [9.17, 15) is 9.59 Å². The fourth-order valence-electron chi connectivity index (χ4n) is 1.35. The molecule has 0 aliphatic carbocycles. The summed E-state index contributed by atoms with van der Waals surface area (Å²) in [6, 6.07) is -0.0529. The standard InChI is InChI=1S/C9H17N3O2/c1-2-5-10-9(14)11-6-7-3-4-8(13)12-7/h7H,2-6H2,1H3,(H,12,13)(H2,10,11,14). The lowest BCUT2D eigenvalue weighted by atomic mass is 10.2. The van der Waals surface area contributed by atoms with Gasteiger partial charge in [0.15, 0.2) is 0 Å². The molecule has 1 atom stereocenters. The number of urea groups is 1. The van der Waals surface area contributed by atoms with Gasteiger partial charge in [0, 0.05) is 25.6 Å². The number of carbonyl (C=O) groups is 2. The van der Waals surface area contributed by atoms with E-state index in [1.807, 2.05) is 6.92 Å². The van der Waals surface area contributed by atoms with Gasteiger partial charge in [-0.05, 0) is 12.8 Å². The lowest BCUT2D eigenvalue weighted by Crippen LogP contribution is -2.43. The molecule has 0 aromatic carbocycles. The fourth-order valence-corrected chi connectivity index (χ4v) is 1.35. The number of rotatable bonds is 4. The van der Waals surface area contributed by atoms with Crippen LogP contribution in [0.3, 0.4) is 0 Å². The molecule has 5 heteroatoms. The van der Waals surface area contributed by atoms with Crippen LogP contribution in [-0.4, -0.2) is 31.1 Å². The second-order valence-electron chi connectivity index (χ2n) is 3.44. The molecule has 1 aliphatic rings. The summed E-state index contributed by atoms with van der Waals surface area (Å²) < 4.78 is 0. The molecule has 0 spiro atoms. The maximum absolute atomic E-state index is 11.1. The summed E-state index contributed by atoms with van der Waals surface area (Å²) in [5.41, 5.74) is 0. The van der Waals surface area contributed by atoms with Gasteiger partial charge in [0.1, 0.15) is 0 Å². The molecular weight excluding hydrogens is 182 g/mol. The number of amides is 3. The van der Waals surface area contributed by atoms with Crippen molar-refractivity contribution in [1.82, 2.24) is 16.0 Å². The van der Waals surface area contributed by atoms with Gasteiger partial charge in [0.2, 0.25) is 5.91 Å². The quantitative estimate of drug-likeness (QED) is 0.595. The fraction of sp³-hybridized carbons (Fsp3) is 0.778.